The number of hydrogen-bond donors (Lipinski definition) is 1. The number of aliphatic imine (C=N–C) groups is 1. The van der Waals surface area contributed by atoms with Gasteiger partial charge in [0, 0.05) is 5.92 Å². The van der Waals surface area contributed by atoms with E-state index >= 15 is 0 Å². The second kappa shape index (κ2) is 5.10. The van der Waals surface area contributed by atoms with Gasteiger partial charge in [0.05, 0.1) is 6.10 Å². The van der Waals surface area contributed by atoms with Gasteiger partial charge in [-0.05, 0) is 27.6 Å². The summed E-state index contributed by atoms with van der Waals surface area (Å²) in [5.74, 6) is -0.378. The third kappa shape index (κ3) is 2.54. The highest BCUT2D eigenvalue weighted by Gasteiger charge is 2.41. The van der Waals surface area contributed by atoms with Crippen LogP contribution in [0.1, 0.15) is 27.7 Å². The molecule has 0 radical (unpaired) electrons. The molecule has 0 aromatic carbocycles. The summed E-state index contributed by atoms with van der Waals surface area (Å²) in [7, 11) is 1.68. The molecule has 0 heterocycles. The van der Waals surface area contributed by atoms with E-state index in [2.05, 4.69) is 17.0 Å². The van der Waals surface area contributed by atoms with Crippen molar-refractivity contribution in [1.82, 2.24) is 5.32 Å². The molecule has 1 atom stereocenters. The quantitative estimate of drug-likeness (QED) is 0.536. The normalized spacial score (nSPS) is 15.4. The minimum absolute atomic E-state index is 0.00347. The van der Waals surface area contributed by atoms with Gasteiger partial charge in [0.25, 0.3) is 0 Å². The van der Waals surface area contributed by atoms with Crippen LogP contribution < -0.4 is 5.32 Å². The molecule has 0 spiro atoms. The maximum atomic E-state index is 11.8. The molecule has 0 aliphatic carbocycles. The Morgan fingerprint density at radius 1 is 1.43 bits per heavy atom. The summed E-state index contributed by atoms with van der Waals surface area (Å²) in [5.41, 5.74) is -1.02. The topological polar surface area (TPSA) is 50.7 Å². The van der Waals surface area contributed by atoms with Gasteiger partial charge in [0.1, 0.15) is 0 Å². The molecular formula is C10H20N2O2. The molecule has 0 unspecified atom stereocenters. The van der Waals surface area contributed by atoms with Gasteiger partial charge in [0.2, 0.25) is 5.66 Å². The number of carbonyl (C=O) groups excluding carboxylic acids is 1. The second-order valence-corrected chi connectivity index (χ2v) is 3.78. The lowest BCUT2D eigenvalue weighted by Gasteiger charge is -2.31. The van der Waals surface area contributed by atoms with E-state index in [1.54, 1.807) is 7.05 Å². The summed E-state index contributed by atoms with van der Waals surface area (Å²) in [4.78, 5) is 15.6. The Morgan fingerprint density at radius 2 is 1.93 bits per heavy atom. The summed E-state index contributed by atoms with van der Waals surface area (Å²) in [6, 6.07) is 0. The highest BCUT2D eigenvalue weighted by molar-refractivity contribution is 5.81. The number of carbonyl (C=O) groups is 1. The predicted octanol–water partition coefficient (Wildman–Crippen LogP) is 1.21. The molecule has 82 valence electrons. The lowest BCUT2D eigenvalue weighted by Crippen LogP contribution is -2.54. The van der Waals surface area contributed by atoms with E-state index in [-0.39, 0.29) is 18.0 Å². The van der Waals surface area contributed by atoms with Gasteiger partial charge in [-0.2, -0.15) is 0 Å². The van der Waals surface area contributed by atoms with E-state index < -0.39 is 5.66 Å². The highest BCUT2D eigenvalue weighted by Crippen LogP contribution is 2.20. The van der Waals surface area contributed by atoms with Gasteiger partial charge in [-0.25, -0.2) is 4.79 Å². The number of nitrogens with zero attached hydrogens (tertiary/aromatic N) is 1. The number of hydrogen-bond acceptors (Lipinski definition) is 4. The van der Waals surface area contributed by atoms with Crippen LogP contribution in [-0.2, 0) is 9.53 Å². The van der Waals surface area contributed by atoms with Gasteiger partial charge in [-0.3, -0.25) is 10.3 Å². The van der Waals surface area contributed by atoms with Crippen LogP contribution in [0.2, 0.25) is 0 Å². The molecule has 0 saturated heterocycles. The van der Waals surface area contributed by atoms with E-state index in [4.69, 9.17) is 4.74 Å². The lowest BCUT2D eigenvalue weighted by atomic mass is 9.97. The van der Waals surface area contributed by atoms with Crippen LogP contribution >= 0.6 is 0 Å². The molecule has 4 nitrogen and oxygen atoms in total. The maximum Gasteiger partial charge on any atom is 0.349 e. The van der Waals surface area contributed by atoms with Crippen molar-refractivity contribution in [1.29, 1.82) is 0 Å². The average Bonchev–Trinajstić information content (AvgIpc) is 2.05. The van der Waals surface area contributed by atoms with Crippen LogP contribution in [0.5, 0.6) is 0 Å². The number of nitrogens with one attached hydrogen (secondary N) is 1. The summed E-state index contributed by atoms with van der Waals surface area (Å²) in [5, 5.41) is 2.87. The summed E-state index contributed by atoms with van der Waals surface area (Å²) >= 11 is 0. The number of likely N-dealkylation sites (N-methyl/N-ethyl adjacent to an activating group) is 1. The van der Waals surface area contributed by atoms with E-state index in [1.807, 2.05) is 27.7 Å². The fourth-order valence-corrected chi connectivity index (χ4v) is 1.26. The molecule has 0 aliphatic rings. The summed E-state index contributed by atoms with van der Waals surface area (Å²) in [6.07, 6.45) is -0.143. The SMILES string of the molecule is C=N[C@](NC)(C(=O)OC(C)C)C(C)C. The Kier molecular flexibility index (Phi) is 4.77. The molecule has 14 heavy (non-hydrogen) atoms. The van der Waals surface area contributed by atoms with Crippen molar-refractivity contribution in [2.24, 2.45) is 10.9 Å². The van der Waals surface area contributed by atoms with Crippen LogP contribution in [0.15, 0.2) is 4.99 Å². The van der Waals surface area contributed by atoms with Crippen molar-refractivity contribution in [3.8, 4) is 0 Å². The van der Waals surface area contributed by atoms with E-state index in [0.29, 0.717) is 0 Å². The number of rotatable bonds is 5. The first-order chi connectivity index (χ1) is 6.40. The van der Waals surface area contributed by atoms with Crippen LogP contribution in [0.25, 0.3) is 0 Å². The molecule has 0 aromatic heterocycles. The van der Waals surface area contributed by atoms with E-state index in [9.17, 15) is 4.79 Å². The molecule has 0 aromatic rings. The maximum absolute atomic E-state index is 11.8. The molecule has 0 rings (SSSR count). The van der Waals surface area contributed by atoms with Crippen LogP contribution in [0.3, 0.4) is 0 Å². The Morgan fingerprint density at radius 3 is 2.14 bits per heavy atom. The molecule has 0 saturated carbocycles. The lowest BCUT2D eigenvalue weighted by molar-refractivity contribution is -0.157. The summed E-state index contributed by atoms with van der Waals surface area (Å²) < 4.78 is 5.12. The molecule has 0 bridgehead atoms. The Hall–Kier alpha value is -0.900. The Balaban J connectivity index is 4.81. The van der Waals surface area contributed by atoms with Crippen molar-refractivity contribution in [2.45, 2.75) is 39.5 Å². The third-order valence-corrected chi connectivity index (χ3v) is 2.12. The fourth-order valence-electron chi connectivity index (χ4n) is 1.26. The second-order valence-electron chi connectivity index (χ2n) is 3.78. The Bertz CT molecular complexity index is 214. The zero-order valence-electron chi connectivity index (χ0n) is 9.63. The van der Waals surface area contributed by atoms with Gasteiger partial charge >= 0.3 is 5.97 Å². The first-order valence-electron chi connectivity index (χ1n) is 4.78. The molecule has 0 amide bonds. The minimum atomic E-state index is -1.02. The number of esters is 1. The van der Waals surface area contributed by atoms with Crippen molar-refractivity contribution in [3.63, 3.8) is 0 Å². The van der Waals surface area contributed by atoms with Crippen molar-refractivity contribution >= 4 is 12.7 Å². The van der Waals surface area contributed by atoms with Crippen molar-refractivity contribution in [2.75, 3.05) is 7.05 Å². The first-order valence-corrected chi connectivity index (χ1v) is 4.78. The van der Waals surface area contributed by atoms with Crippen LogP contribution in [-0.4, -0.2) is 31.5 Å². The van der Waals surface area contributed by atoms with Gasteiger partial charge < -0.3 is 4.74 Å². The zero-order chi connectivity index (χ0) is 11.4. The van der Waals surface area contributed by atoms with Crippen molar-refractivity contribution < 1.29 is 9.53 Å². The van der Waals surface area contributed by atoms with Gasteiger partial charge in [0.15, 0.2) is 0 Å². The largest absolute Gasteiger partial charge is 0.460 e. The highest BCUT2D eigenvalue weighted by atomic mass is 16.5. The van der Waals surface area contributed by atoms with E-state index in [0.717, 1.165) is 0 Å². The molecule has 4 heteroatoms. The van der Waals surface area contributed by atoms with Crippen LogP contribution in [0, 0.1) is 5.92 Å². The third-order valence-electron chi connectivity index (χ3n) is 2.12. The predicted molar refractivity (Wildman–Crippen MR) is 57.4 cm³/mol. The van der Waals surface area contributed by atoms with Crippen LogP contribution in [0.4, 0.5) is 0 Å². The van der Waals surface area contributed by atoms with Gasteiger partial charge in [-0.1, -0.05) is 13.8 Å². The van der Waals surface area contributed by atoms with Crippen molar-refractivity contribution in [3.05, 3.63) is 0 Å². The summed E-state index contributed by atoms with van der Waals surface area (Å²) in [6.45, 7) is 10.8. The molecule has 1 N–H and O–H groups in total. The smallest absolute Gasteiger partial charge is 0.349 e. The number of ether oxygens (including phenoxy) is 1. The Labute approximate surface area is 85.7 Å². The van der Waals surface area contributed by atoms with E-state index in [1.165, 1.54) is 0 Å². The standard InChI is InChI=1S/C10H20N2O2/c1-7(2)10(11-5,12-6)9(13)14-8(3)4/h7-8,12H,5H2,1-4,6H3/t10-/m1/s1. The molecular weight excluding hydrogens is 180 g/mol. The molecule has 0 fully saturated rings. The first kappa shape index (κ1) is 13.1. The average molecular weight is 200 g/mol. The fraction of sp³-hybridized carbons (Fsp3) is 0.800. The molecule has 0 aliphatic heterocycles. The van der Waals surface area contributed by atoms with Gasteiger partial charge in [-0.15, -0.1) is 0 Å². The minimum Gasteiger partial charge on any atom is -0.460 e. The zero-order valence-corrected chi connectivity index (χ0v) is 9.63. The monoisotopic (exact) mass is 200 g/mol.